The van der Waals surface area contributed by atoms with Crippen LogP contribution in [0.15, 0.2) is 0 Å². The van der Waals surface area contributed by atoms with Gasteiger partial charge in [0.25, 0.3) is 10.2 Å². The van der Waals surface area contributed by atoms with Crippen LogP contribution in [0, 0.1) is 0 Å². The van der Waals surface area contributed by atoms with Gasteiger partial charge in [-0.1, -0.05) is 0 Å². The Balaban J connectivity index is 2.45. The molecule has 0 aliphatic carbocycles. The Morgan fingerprint density at radius 1 is 1.75 bits per heavy atom. The zero-order valence-electron chi connectivity index (χ0n) is 6.52. The third-order valence-corrected chi connectivity index (χ3v) is 3.15. The first kappa shape index (κ1) is 9.43. The Morgan fingerprint density at radius 3 is 2.58 bits per heavy atom. The lowest BCUT2D eigenvalue weighted by Crippen LogP contribution is -2.34. The van der Waals surface area contributed by atoms with E-state index in [4.69, 9.17) is 5.11 Å². The van der Waals surface area contributed by atoms with Crippen LogP contribution in [0.25, 0.3) is 0 Å². The largest absolute Gasteiger partial charge is 0.480 e. The summed E-state index contributed by atoms with van der Waals surface area (Å²) < 4.78 is 25.3. The summed E-state index contributed by atoms with van der Waals surface area (Å²) in [6.07, 6.45) is 0. The van der Waals surface area contributed by atoms with Crippen molar-refractivity contribution in [2.45, 2.75) is 13.0 Å². The van der Waals surface area contributed by atoms with E-state index in [2.05, 4.69) is 0 Å². The third-order valence-electron chi connectivity index (χ3n) is 1.52. The fourth-order valence-corrected chi connectivity index (χ4v) is 2.14. The van der Waals surface area contributed by atoms with E-state index in [1.807, 2.05) is 4.72 Å². The second kappa shape index (κ2) is 3.00. The molecule has 6 nitrogen and oxygen atoms in total. The van der Waals surface area contributed by atoms with Crippen LogP contribution in [-0.2, 0) is 15.0 Å². The van der Waals surface area contributed by atoms with Gasteiger partial charge in [-0.25, -0.2) is 0 Å². The molecule has 70 valence electrons. The minimum atomic E-state index is -3.53. The van der Waals surface area contributed by atoms with Crippen LogP contribution in [0.3, 0.4) is 0 Å². The van der Waals surface area contributed by atoms with Gasteiger partial charge in [0.2, 0.25) is 0 Å². The average Bonchev–Trinajstić information content (AvgIpc) is 2.63. The monoisotopic (exact) mass is 194 g/mol. The van der Waals surface area contributed by atoms with Crippen LogP contribution >= 0.6 is 0 Å². The lowest BCUT2D eigenvalue weighted by molar-refractivity contribution is -0.135. The van der Waals surface area contributed by atoms with E-state index < -0.39 is 22.7 Å². The summed E-state index contributed by atoms with van der Waals surface area (Å²) in [7, 11) is -3.53. The van der Waals surface area contributed by atoms with Crippen molar-refractivity contribution in [1.29, 1.82) is 0 Å². The number of hydrogen-bond acceptors (Lipinski definition) is 3. The van der Waals surface area contributed by atoms with Gasteiger partial charge in [-0.3, -0.25) is 4.79 Å². The lowest BCUT2D eigenvalue weighted by atomic mass is 10.6. The standard InChI is InChI=1S/C5H10N2O4S/c1-4-3-7(4)12(10,11)6-2-5(8)9/h4,6H,2-3H2,1H3,(H,8,9). The molecule has 1 heterocycles. The number of carboxylic acid groups (broad SMARTS) is 1. The SMILES string of the molecule is CC1CN1S(=O)(=O)NCC(=O)O. The minimum absolute atomic E-state index is 0.00343. The Morgan fingerprint density at radius 2 is 2.25 bits per heavy atom. The fraction of sp³-hybridized carbons (Fsp3) is 0.800. The van der Waals surface area contributed by atoms with E-state index in [0.717, 1.165) is 0 Å². The molecule has 2 atom stereocenters. The van der Waals surface area contributed by atoms with Gasteiger partial charge in [-0.2, -0.15) is 17.4 Å². The van der Waals surface area contributed by atoms with Crippen molar-refractivity contribution < 1.29 is 18.3 Å². The van der Waals surface area contributed by atoms with E-state index in [1.54, 1.807) is 6.92 Å². The van der Waals surface area contributed by atoms with Crippen molar-refractivity contribution in [2.24, 2.45) is 0 Å². The topological polar surface area (TPSA) is 86.5 Å². The first-order chi connectivity index (χ1) is 5.43. The summed E-state index contributed by atoms with van der Waals surface area (Å²) in [6.45, 7) is 1.65. The maximum Gasteiger partial charge on any atom is 0.318 e. The number of rotatable bonds is 4. The number of carboxylic acids is 1. The van der Waals surface area contributed by atoms with E-state index in [9.17, 15) is 13.2 Å². The molecular weight excluding hydrogens is 184 g/mol. The van der Waals surface area contributed by atoms with Crippen LogP contribution in [0.2, 0.25) is 0 Å². The van der Waals surface area contributed by atoms with E-state index >= 15 is 0 Å². The average molecular weight is 194 g/mol. The predicted octanol–water partition coefficient (Wildman–Crippen LogP) is -1.39. The van der Waals surface area contributed by atoms with Crippen molar-refractivity contribution in [2.75, 3.05) is 13.1 Å². The number of nitrogens with one attached hydrogen (secondary N) is 1. The van der Waals surface area contributed by atoms with Crippen molar-refractivity contribution in [1.82, 2.24) is 9.03 Å². The summed E-state index contributed by atoms with van der Waals surface area (Å²) in [4.78, 5) is 10.0. The van der Waals surface area contributed by atoms with Crippen LogP contribution in [0.4, 0.5) is 0 Å². The Bertz CT molecular complexity index is 286. The lowest BCUT2D eigenvalue weighted by Gasteiger charge is -2.03. The molecule has 0 aromatic heterocycles. The first-order valence-corrected chi connectivity index (χ1v) is 4.85. The van der Waals surface area contributed by atoms with Crippen molar-refractivity contribution in [3.63, 3.8) is 0 Å². The molecule has 1 rings (SSSR count). The van der Waals surface area contributed by atoms with Gasteiger partial charge in [0.05, 0.1) is 0 Å². The number of hydrogen-bond donors (Lipinski definition) is 2. The summed E-state index contributed by atoms with van der Waals surface area (Å²) in [5.41, 5.74) is 0. The van der Waals surface area contributed by atoms with Crippen molar-refractivity contribution >= 4 is 16.2 Å². The molecule has 0 aromatic carbocycles. The Kier molecular flexibility index (Phi) is 2.36. The highest BCUT2D eigenvalue weighted by atomic mass is 32.2. The summed E-state index contributed by atoms with van der Waals surface area (Å²) in [6, 6.07) is -0.00343. The Labute approximate surface area is 70.4 Å². The molecule has 1 aliphatic rings. The van der Waals surface area contributed by atoms with Crippen LogP contribution in [-0.4, -0.2) is 42.9 Å². The molecule has 2 N–H and O–H groups in total. The number of nitrogens with zero attached hydrogens (tertiary/aromatic N) is 1. The van der Waals surface area contributed by atoms with Crippen LogP contribution in [0.1, 0.15) is 6.92 Å². The van der Waals surface area contributed by atoms with Crippen LogP contribution in [0.5, 0.6) is 0 Å². The second-order valence-electron chi connectivity index (χ2n) is 2.64. The summed E-state index contributed by atoms with van der Waals surface area (Å²) in [5.74, 6) is -1.19. The van der Waals surface area contributed by atoms with Gasteiger partial charge in [0.1, 0.15) is 6.54 Å². The normalized spacial score (nSPS) is 28.4. The highest BCUT2D eigenvalue weighted by Gasteiger charge is 2.40. The molecule has 1 saturated heterocycles. The number of carbonyl (C=O) groups is 1. The van der Waals surface area contributed by atoms with E-state index in [-0.39, 0.29) is 6.04 Å². The zero-order valence-corrected chi connectivity index (χ0v) is 7.34. The van der Waals surface area contributed by atoms with Gasteiger partial charge in [-0.15, -0.1) is 0 Å². The third kappa shape index (κ3) is 2.16. The maximum atomic E-state index is 11.1. The van der Waals surface area contributed by atoms with Gasteiger partial charge in [0, 0.05) is 12.6 Å². The molecule has 0 spiro atoms. The summed E-state index contributed by atoms with van der Waals surface area (Å²) >= 11 is 0. The van der Waals surface area contributed by atoms with Crippen molar-refractivity contribution in [3.05, 3.63) is 0 Å². The molecule has 0 amide bonds. The van der Waals surface area contributed by atoms with Crippen LogP contribution < -0.4 is 4.72 Å². The highest BCUT2D eigenvalue weighted by Crippen LogP contribution is 2.19. The molecule has 2 unspecified atom stereocenters. The van der Waals surface area contributed by atoms with Gasteiger partial charge in [-0.05, 0) is 6.92 Å². The highest BCUT2D eigenvalue weighted by molar-refractivity contribution is 7.87. The number of aliphatic carboxylic acids is 1. The predicted molar refractivity (Wildman–Crippen MR) is 40.7 cm³/mol. The van der Waals surface area contributed by atoms with E-state index in [0.29, 0.717) is 6.54 Å². The Hall–Kier alpha value is -0.660. The maximum absolute atomic E-state index is 11.1. The smallest absolute Gasteiger partial charge is 0.318 e. The van der Waals surface area contributed by atoms with E-state index in [1.165, 1.54) is 4.31 Å². The molecule has 0 radical (unpaired) electrons. The molecule has 0 saturated carbocycles. The fourth-order valence-electron chi connectivity index (χ4n) is 0.784. The second-order valence-corrected chi connectivity index (χ2v) is 4.35. The molecule has 0 bridgehead atoms. The van der Waals surface area contributed by atoms with Gasteiger partial charge < -0.3 is 5.11 Å². The zero-order chi connectivity index (χ0) is 9.35. The minimum Gasteiger partial charge on any atom is -0.480 e. The first-order valence-electron chi connectivity index (χ1n) is 3.41. The molecule has 7 heteroatoms. The summed E-state index contributed by atoms with van der Waals surface area (Å²) in [5, 5.41) is 8.20. The molecule has 12 heavy (non-hydrogen) atoms. The van der Waals surface area contributed by atoms with Gasteiger partial charge in [0.15, 0.2) is 0 Å². The van der Waals surface area contributed by atoms with Gasteiger partial charge >= 0.3 is 5.97 Å². The quantitative estimate of drug-likeness (QED) is 0.539. The molecule has 0 aromatic rings. The molecule has 1 fully saturated rings. The molecular formula is C5H10N2O4S. The van der Waals surface area contributed by atoms with Crippen molar-refractivity contribution in [3.8, 4) is 0 Å². The molecule has 1 aliphatic heterocycles.